The van der Waals surface area contributed by atoms with Crippen LogP contribution in [0.5, 0.6) is 11.5 Å². The van der Waals surface area contributed by atoms with Crippen molar-refractivity contribution in [2.24, 2.45) is 5.92 Å². The van der Waals surface area contributed by atoms with Crippen LogP contribution in [0.15, 0.2) is 182 Å². The highest BCUT2D eigenvalue weighted by Crippen LogP contribution is 2.63. The molecule has 0 fully saturated rings. The molecule has 242 valence electrons. The Kier molecular flexibility index (Phi) is 6.10. The van der Waals surface area contributed by atoms with Gasteiger partial charge in [-0.15, -0.1) is 0 Å². The summed E-state index contributed by atoms with van der Waals surface area (Å²) in [4.78, 5) is 0. The summed E-state index contributed by atoms with van der Waals surface area (Å²) >= 11 is 0. The number of rotatable bonds is 2. The summed E-state index contributed by atoms with van der Waals surface area (Å²) in [6.45, 7) is 0. The Labute approximate surface area is 302 Å². The fourth-order valence-electron chi connectivity index (χ4n) is 9.68. The second-order valence-corrected chi connectivity index (χ2v) is 14.2. The lowest BCUT2D eigenvalue weighted by atomic mass is 9.64. The molecule has 2 atom stereocenters. The third-order valence-electron chi connectivity index (χ3n) is 11.8. The van der Waals surface area contributed by atoms with Crippen molar-refractivity contribution < 1.29 is 4.74 Å². The number of nitrogens with zero attached hydrogens (tertiary/aromatic N) is 1. The number of hydrogen-bond acceptors (Lipinski definition) is 2. The van der Waals surface area contributed by atoms with Gasteiger partial charge in [-0.3, -0.25) is 0 Å². The predicted octanol–water partition coefficient (Wildman–Crippen LogP) is 11.9. The number of allylic oxidation sites excluding steroid dienone is 5. The monoisotopic (exact) mass is 661 g/mol. The number of benzene rings is 7. The topological polar surface area (TPSA) is 33.0 Å². The summed E-state index contributed by atoms with van der Waals surface area (Å²) in [5.74, 6) is 1.95. The molecule has 2 heteroatoms. The minimum absolute atomic E-state index is 0.0997. The second kappa shape index (κ2) is 10.9. The lowest BCUT2D eigenvalue weighted by Gasteiger charge is -2.40. The summed E-state index contributed by atoms with van der Waals surface area (Å²) < 4.78 is 6.61. The first-order chi connectivity index (χ1) is 25.7. The Morgan fingerprint density at radius 1 is 0.558 bits per heavy atom. The van der Waals surface area contributed by atoms with E-state index in [9.17, 15) is 5.26 Å². The van der Waals surface area contributed by atoms with E-state index in [-0.39, 0.29) is 11.8 Å². The maximum Gasteiger partial charge on any atom is 0.132 e. The van der Waals surface area contributed by atoms with E-state index in [1.807, 2.05) is 18.2 Å². The molecule has 0 saturated heterocycles. The molecule has 7 aromatic rings. The van der Waals surface area contributed by atoms with E-state index in [0.29, 0.717) is 5.56 Å². The van der Waals surface area contributed by atoms with Crippen molar-refractivity contribution in [1.82, 2.24) is 0 Å². The van der Waals surface area contributed by atoms with Gasteiger partial charge in [0.15, 0.2) is 0 Å². The van der Waals surface area contributed by atoms with Crippen molar-refractivity contribution >= 4 is 16.3 Å². The van der Waals surface area contributed by atoms with E-state index >= 15 is 0 Å². The molecule has 2 unspecified atom stereocenters. The highest BCUT2D eigenvalue weighted by atomic mass is 16.5. The third-order valence-corrected chi connectivity index (χ3v) is 11.8. The van der Waals surface area contributed by atoms with E-state index in [1.54, 1.807) is 0 Å². The van der Waals surface area contributed by atoms with E-state index in [1.165, 1.54) is 55.3 Å². The zero-order valence-electron chi connectivity index (χ0n) is 28.3. The fraction of sp³-hybridized carbons (Fsp3) is 0.0600. The fourth-order valence-corrected chi connectivity index (χ4v) is 9.68. The van der Waals surface area contributed by atoms with Crippen molar-refractivity contribution in [3.63, 3.8) is 0 Å². The average Bonchev–Trinajstić information content (AvgIpc) is 3.48. The van der Waals surface area contributed by atoms with Crippen LogP contribution in [-0.4, -0.2) is 0 Å². The zero-order valence-corrected chi connectivity index (χ0v) is 28.3. The van der Waals surface area contributed by atoms with Gasteiger partial charge in [0.05, 0.1) is 17.0 Å². The molecule has 0 N–H and O–H groups in total. The lowest BCUT2D eigenvalue weighted by Crippen LogP contribution is -2.32. The van der Waals surface area contributed by atoms with Gasteiger partial charge in [-0.1, -0.05) is 146 Å². The Balaban J connectivity index is 1.17. The Bertz CT molecular complexity index is 2760. The number of para-hydroxylation sites is 2. The molecule has 1 spiro atoms. The highest BCUT2D eigenvalue weighted by molar-refractivity contribution is 5.94. The first-order valence-corrected chi connectivity index (χ1v) is 18.0. The van der Waals surface area contributed by atoms with Gasteiger partial charge in [0.1, 0.15) is 11.5 Å². The van der Waals surface area contributed by atoms with Gasteiger partial charge in [-0.2, -0.15) is 5.26 Å². The van der Waals surface area contributed by atoms with Gasteiger partial charge in [0, 0.05) is 23.0 Å². The SMILES string of the molecule is N#Cc1ccc2c(c1)C1(c3ccccc3Oc3ccccc31)c1cc(C3c4ccccc4C(c4ccc5ccccc5c4)=C4C=CC=CC43)ccc1-2. The van der Waals surface area contributed by atoms with Crippen LogP contribution in [0, 0.1) is 17.2 Å². The average molecular weight is 662 g/mol. The smallest absolute Gasteiger partial charge is 0.132 e. The van der Waals surface area contributed by atoms with Crippen LogP contribution in [0.25, 0.3) is 27.5 Å². The number of hydrogen-bond donors (Lipinski definition) is 0. The molecular weight excluding hydrogens is 631 g/mol. The molecule has 0 bridgehead atoms. The van der Waals surface area contributed by atoms with Crippen molar-refractivity contribution in [3.05, 3.63) is 232 Å². The maximum absolute atomic E-state index is 10.1. The molecule has 0 saturated carbocycles. The van der Waals surface area contributed by atoms with Crippen molar-refractivity contribution in [2.75, 3.05) is 0 Å². The van der Waals surface area contributed by atoms with Crippen LogP contribution in [0.4, 0.5) is 0 Å². The summed E-state index contributed by atoms with van der Waals surface area (Å²) in [6, 6.07) is 57.2. The quantitative estimate of drug-likeness (QED) is 0.185. The van der Waals surface area contributed by atoms with Crippen LogP contribution < -0.4 is 4.74 Å². The summed E-state index contributed by atoms with van der Waals surface area (Å²) in [6.07, 6.45) is 9.13. The Morgan fingerprint density at radius 3 is 2.06 bits per heavy atom. The molecule has 4 aliphatic rings. The van der Waals surface area contributed by atoms with Gasteiger partial charge in [-0.25, -0.2) is 0 Å². The van der Waals surface area contributed by atoms with Crippen LogP contribution in [0.3, 0.4) is 0 Å². The lowest BCUT2D eigenvalue weighted by molar-refractivity contribution is 0.436. The predicted molar refractivity (Wildman–Crippen MR) is 209 cm³/mol. The molecule has 0 aromatic heterocycles. The number of ether oxygens (including phenoxy) is 1. The summed E-state index contributed by atoms with van der Waals surface area (Å²) in [5, 5.41) is 12.6. The minimum Gasteiger partial charge on any atom is -0.457 e. The van der Waals surface area contributed by atoms with Gasteiger partial charge < -0.3 is 4.74 Å². The molecule has 52 heavy (non-hydrogen) atoms. The van der Waals surface area contributed by atoms with E-state index in [4.69, 9.17) is 4.74 Å². The van der Waals surface area contributed by atoms with Crippen LogP contribution in [-0.2, 0) is 5.41 Å². The van der Waals surface area contributed by atoms with Crippen LogP contribution in [0.2, 0.25) is 0 Å². The van der Waals surface area contributed by atoms with Gasteiger partial charge >= 0.3 is 0 Å². The zero-order chi connectivity index (χ0) is 34.4. The minimum atomic E-state index is -0.648. The molecule has 1 aliphatic heterocycles. The summed E-state index contributed by atoms with van der Waals surface area (Å²) in [5.41, 5.74) is 14.7. The molecule has 11 rings (SSSR count). The molecule has 3 aliphatic carbocycles. The molecular formula is C50H31NO. The maximum atomic E-state index is 10.1. The molecule has 1 heterocycles. The van der Waals surface area contributed by atoms with Gasteiger partial charge in [-0.05, 0) is 96.8 Å². The first-order valence-electron chi connectivity index (χ1n) is 18.0. The van der Waals surface area contributed by atoms with Crippen LogP contribution >= 0.6 is 0 Å². The van der Waals surface area contributed by atoms with Crippen LogP contribution in [0.1, 0.15) is 56.0 Å². The highest BCUT2D eigenvalue weighted by Gasteiger charge is 2.51. The van der Waals surface area contributed by atoms with Gasteiger partial charge in [0.25, 0.3) is 0 Å². The molecule has 2 nitrogen and oxygen atoms in total. The molecule has 0 amide bonds. The molecule has 7 aromatic carbocycles. The van der Waals surface area contributed by atoms with Crippen molar-refractivity contribution in [2.45, 2.75) is 11.3 Å². The number of fused-ring (bicyclic) bond motifs is 12. The first kappa shape index (κ1) is 29.1. The van der Waals surface area contributed by atoms with E-state index in [2.05, 4.69) is 164 Å². The van der Waals surface area contributed by atoms with E-state index in [0.717, 1.165) is 33.8 Å². The Morgan fingerprint density at radius 2 is 1.25 bits per heavy atom. The Hall–Kier alpha value is -6.69. The van der Waals surface area contributed by atoms with Gasteiger partial charge in [0.2, 0.25) is 0 Å². The van der Waals surface area contributed by atoms with Crippen molar-refractivity contribution in [1.29, 1.82) is 5.26 Å². The third kappa shape index (κ3) is 3.88. The molecule has 0 radical (unpaired) electrons. The van der Waals surface area contributed by atoms with E-state index < -0.39 is 5.41 Å². The summed E-state index contributed by atoms with van der Waals surface area (Å²) in [7, 11) is 0. The second-order valence-electron chi connectivity index (χ2n) is 14.2. The normalized spacial score (nSPS) is 18.1. The van der Waals surface area contributed by atoms with Crippen molar-refractivity contribution in [3.8, 4) is 28.7 Å². The largest absolute Gasteiger partial charge is 0.457 e. The standard InChI is InChI=1S/C50H31NO/c51-30-31-21-25-36-37-26-24-35(29-45(37)50(44(36)27-31)42-17-7-9-19-46(42)52-47-20-10-8-18-43(47)50)49-40-15-5-3-13-38(40)48(39-14-4-6-16-41(39)49)34-23-22-32-11-1-2-12-33(32)28-34/h1-29,40,49H. The number of nitriles is 1.